The van der Waals surface area contributed by atoms with Crippen molar-refractivity contribution in [3.05, 3.63) is 60.2 Å². The molecule has 1 atom stereocenters. The molecular weight excluding hydrogens is 286 g/mol. The first kappa shape index (κ1) is 15.5. The van der Waals surface area contributed by atoms with Gasteiger partial charge in [-0.05, 0) is 47.0 Å². The number of nitrogens with two attached hydrogens (primary N) is 1. The van der Waals surface area contributed by atoms with Gasteiger partial charge in [0.2, 0.25) is 0 Å². The van der Waals surface area contributed by atoms with Gasteiger partial charge in [0.25, 0.3) is 0 Å². The summed E-state index contributed by atoms with van der Waals surface area (Å²) in [7, 11) is 1.40. The van der Waals surface area contributed by atoms with Gasteiger partial charge in [-0.2, -0.15) is 0 Å². The summed E-state index contributed by atoms with van der Waals surface area (Å²) in [6, 6.07) is 18.0. The van der Waals surface area contributed by atoms with Crippen LogP contribution in [0.2, 0.25) is 0 Å². The average molecular weight is 307 g/mol. The second kappa shape index (κ2) is 5.67. The molecule has 3 aromatic rings. The number of methoxy groups -OCH3 is 1. The summed E-state index contributed by atoms with van der Waals surface area (Å²) in [5.74, 6) is -0.304. The Hall–Kier alpha value is -2.39. The number of ether oxygens (including phenoxy) is 1. The molecule has 0 radical (unpaired) electrons. The molecule has 3 heteroatoms. The Labute approximate surface area is 136 Å². The molecule has 0 spiro atoms. The van der Waals surface area contributed by atoms with Gasteiger partial charge in [-0.25, -0.2) is 0 Å². The number of benzene rings is 3. The Morgan fingerprint density at radius 3 is 1.96 bits per heavy atom. The lowest BCUT2D eigenvalue weighted by Gasteiger charge is -2.30. The van der Waals surface area contributed by atoms with E-state index in [1.807, 2.05) is 38.1 Å². The number of fused-ring (bicyclic) bond motifs is 2. The molecule has 0 aliphatic heterocycles. The highest BCUT2D eigenvalue weighted by Gasteiger charge is 2.38. The first-order chi connectivity index (χ1) is 11.0. The third-order valence-corrected chi connectivity index (χ3v) is 4.61. The number of hydrogen-bond acceptors (Lipinski definition) is 3. The van der Waals surface area contributed by atoms with Gasteiger partial charge >= 0.3 is 5.97 Å². The highest BCUT2D eigenvalue weighted by atomic mass is 16.5. The summed E-state index contributed by atoms with van der Waals surface area (Å²) in [5, 5.41) is 4.40. The fourth-order valence-electron chi connectivity index (χ4n) is 3.13. The quantitative estimate of drug-likeness (QED) is 0.583. The number of carbonyl (C=O) groups is 1. The second-order valence-electron chi connectivity index (χ2n) is 6.42. The molecular formula is C20H21NO2. The standard InChI is InChI=1S/C20H21NO2/c1-20(2,19(22)23-3)18(21)17-15-10-6-4-8-13(15)12-14-9-5-7-11-16(14)17/h4-12,18H,21H2,1-3H3/t18-/m0/s1. The smallest absolute Gasteiger partial charge is 0.313 e. The van der Waals surface area contributed by atoms with Gasteiger partial charge in [-0.15, -0.1) is 0 Å². The van der Waals surface area contributed by atoms with Crippen molar-refractivity contribution < 1.29 is 9.53 Å². The number of esters is 1. The summed E-state index contributed by atoms with van der Waals surface area (Å²) >= 11 is 0. The third-order valence-electron chi connectivity index (χ3n) is 4.61. The van der Waals surface area contributed by atoms with Gasteiger partial charge in [-0.1, -0.05) is 48.5 Å². The minimum absolute atomic E-state index is 0.304. The summed E-state index contributed by atoms with van der Waals surface area (Å²) in [5.41, 5.74) is 6.76. The van der Waals surface area contributed by atoms with Crippen molar-refractivity contribution in [1.82, 2.24) is 0 Å². The molecule has 0 aromatic heterocycles. The van der Waals surface area contributed by atoms with E-state index in [0.29, 0.717) is 0 Å². The Morgan fingerprint density at radius 1 is 1.00 bits per heavy atom. The van der Waals surface area contributed by atoms with Gasteiger partial charge in [0, 0.05) is 6.04 Å². The predicted molar refractivity (Wildman–Crippen MR) is 94.2 cm³/mol. The van der Waals surface area contributed by atoms with E-state index in [-0.39, 0.29) is 5.97 Å². The maximum absolute atomic E-state index is 12.2. The van der Waals surface area contributed by atoms with Gasteiger partial charge in [0.1, 0.15) is 0 Å². The molecule has 23 heavy (non-hydrogen) atoms. The van der Waals surface area contributed by atoms with Crippen LogP contribution in [0.1, 0.15) is 25.5 Å². The summed E-state index contributed by atoms with van der Waals surface area (Å²) in [6.45, 7) is 3.67. The summed E-state index contributed by atoms with van der Waals surface area (Å²) in [6.07, 6.45) is 0. The van der Waals surface area contributed by atoms with Crippen LogP contribution in [0.15, 0.2) is 54.6 Å². The zero-order valence-corrected chi connectivity index (χ0v) is 13.7. The first-order valence-electron chi connectivity index (χ1n) is 7.71. The molecule has 0 saturated heterocycles. The number of hydrogen-bond donors (Lipinski definition) is 1. The van der Waals surface area contributed by atoms with Crippen LogP contribution in [0, 0.1) is 5.41 Å². The van der Waals surface area contributed by atoms with Crippen LogP contribution in [0.4, 0.5) is 0 Å². The van der Waals surface area contributed by atoms with Gasteiger partial charge in [0.05, 0.1) is 12.5 Å². The monoisotopic (exact) mass is 307 g/mol. The molecule has 2 N–H and O–H groups in total. The molecule has 0 heterocycles. The SMILES string of the molecule is COC(=O)C(C)(C)[C@@H](N)c1c2ccccc2cc2ccccc12. The fraction of sp³-hybridized carbons (Fsp3) is 0.250. The maximum atomic E-state index is 12.2. The molecule has 3 rings (SSSR count). The van der Waals surface area contributed by atoms with Crippen LogP contribution in [0.3, 0.4) is 0 Å². The van der Waals surface area contributed by atoms with Crippen LogP contribution in [0.25, 0.3) is 21.5 Å². The van der Waals surface area contributed by atoms with Gasteiger partial charge < -0.3 is 10.5 Å². The van der Waals surface area contributed by atoms with Gasteiger partial charge in [-0.3, -0.25) is 4.79 Å². The molecule has 0 amide bonds. The lowest BCUT2D eigenvalue weighted by Crippen LogP contribution is -2.37. The van der Waals surface area contributed by atoms with E-state index in [0.717, 1.165) is 27.1 Å². The molecule has 0 aliphatic carbocycles. The van der Waals surface area contributed by atoms with E-state index < -0.39 is 11.5 Å². The van der Waals surface area contributed by atoms with Crippen LogP contribution in [-0.4, -0.2) is 13.1 Å². The van der Waals surface area contributed by atoms with E-state index in [2.05, 4.69) is 30.3 Å². The number of carbonyl (C=O) groups excluding carboxylic acids is 1. The third kappa shape index (κ3) is 2.47. The van der Waals surface area contributed by atoms with Crippen molar-refractivity contribution in [3.63, 3.8) is 0 Å². The largest absolute Gasteiger partial charge is 0.469 e. The van der Waals surface area contributed by atoms with Crippen LogP contribution >= 0.6 is 0 Å². The molecule has 3 nitrogen and oxygen atoms in total. The lowest BCUT2D eigenvalue weighted by molar-refractivity contribution is -0.152. The Bertz CT molecular complexity index is 829. The Kier molecular flexibility index (Phi) is 3.82. The predicted octanol–water partition coefficient (Wildman–Crippen LogP) is 4.19. The first-order valence-corrected chi connectivity index (χ1v) is 7.71. The van der Waals surface area contributed by atoms with Crippen molar-refractivity contribution in [3.8, 4) is 0 Å². The Balaban J connectivity index is 2.35. The van der Waals surface area contributed by atoms with E-state index in [9.17, 15) is 4.79 Å². The van der Waals surface area contributed by atoms with Crippen LogP contribution < -0.4 is 5.73 Å². The molecule has 118 valence electrons. The molecule has 0 bridgehead atoms. The van der Waals surface area contributed by atoms with Crippen molar-refractivity contribution in [1.29, 1.82) is 0 Å². The normalized spacial score (nSPS) is 13.2. The Morgan fingerprint density at radius 2 is 1.48 bits per heavy atom. The summed E-state index contributed by atoms with van der Waals surface area (Å²) in [4.78, 5) is 12.2. The van der Waals surface area contributed by atoms with Crippen molar-refractivity contribution in [2.75, 3.05) is 7.11 Å². The molecule has 0 aliphatic rings. The van der Waals surface area contributed by atoms with E-state index in [1.54, 1.807) is 0 Å². The van der Waals surface area contributed by atoms with Crippen molar-refractivity contribution >= 4 is 27.5 Å². The van der Waals surface area contributed by atoms with Crippen LogP contribution in [0.5, 0.6) is 0 Å². The van der Waals surface area contributed by atoms with Crippen molar-refractivity contribution in [2.45, 2.75) is 19.9 Å². The molecule has 0 unspecified atom stereocenters. The zero-order chi connectivity index (χ0) is 16.6. The topological polar surface area (TPSA) is 52.3 Å². The van der Waals surface area contributed by atoms with E-state index in [4.69, 9.17) is 10.5 Å². The molecule has 0 saturated carbocycles. The van der Waals surface area contributed by atoms with E-state index in [1.165, 1.54) is 7.11 Å². The maximum Gasteiger partial charge on any atom is 0.313 e. The van der Waals surface area contributed by atoms with Crippen LogP contribution in [-0.2, 0) is 9.53 Å². The fourth-order valence-corrected chi connectivity index (χ4v) is 3.13. The molecule has 0 fully saturated rings. The number of rotatable bonds is 3. The highest BCUT2D eigenvalue weighted by molar-refractivity contribution is 6.03. The zero-order valence-electron chi connectivity index (χ0n) is 13.7. The van der Waals surface area contributed by atoms with E-state index >= 15 is 0 Å². The van der Waals surface area contributed by atoms with Crippen molar-refractivity contribution in [2.24, 2.45) is 11.1 Å². The second-order valence-corrected chi connectivity index (χ2v) is 6.42. The minimum atomic E-state index is -0.818. The molecule has 3 aromatic carbocycles. The highest BCUT2D eigenvalue weighted by Crippen LogP contribution is 2.40. The van der Waals surface area contributed by atoms with Gasteiger partial charge in [0.15, 0.2) is 0 Å². The minimum Gasteiger partial charge on any atom is -0.469 e. The lowest BCUT2D eigenvalue weighted by atomic mass is 9.78. The summed E-state index contributed by atoms with van der Waals surface area (Å²) < 4.78 is 4.96. The average Bonchev–Trinajstić information content (AvgIpc) is 2.58.